The molecule has 0 spiro atoms. The number of benzene rings is 10. The fraction of sp³-hybridized carbons (Fsp3) is 0.204. The summed E-state index contributed by atoms with van der Waals surface area (Å²) in [6.07, 6.45) is 10.1. The van der Waals surface area contributed by atoms with Crippen LogP contribution in [0.5, 0.6) is 23.0 Å². The molecule has 26 nitrogen and oxygen atoms in total. The zero-order chi connectivity index (χ0) is 84.6. The molecule has 0 amide bonds. The van der Waals surface area contributed by atoms with E-state index in [0.29, 0.717) is 0 Å². The highest BCUT2D eigenvalue weighted by Gasteiger charge is 2.25. The largest absolute Gasteiger partial charge is 0.508 e. The second-order valence-corrected chi connectivity index (χ2v) is 33.0. The Morgan fingerprint density at radius 3 is 1.46 bits per heavy atom. The van der Waals surface area contributed by atoms with Crippen molar-refractivity contribution in [3.05, 3.63) is 243 Å². The van der Waals surface area contributed by atoms with Crippen LogP contribution in [0.25, 0.3) is 178 Å². The molecule has 2 aliphatic rings. The lowest BCUT2D eigenvalue weighted by Gasteiger charge is -2.34. The zero-order valence-corrected chi connectivity index (χ0v) is 70.0. The van der Waals surface area contributed by atoms with E-state index >= 15 is 0 Å². The molecule has 124 heavy (non-hydrogen) atoms. The number of nitrogens with zero attached hydrogens (tertiary/aromatic N) is 14. The van der Waals surface area contributed by atoms with E-state index < -0.39 is 0 Å². The first-order valence-corrected chi connectivity index (χ1v) is 42.1. The number of aromatic amines is 8. The van der Waals surface area contributed by atoms with E-state index in [4.69, 9.17) is 9.97 Å². The third-order valence-corrected chi connectivity index (χ3v) is 23.8. The number of H-pyrrole nitrogens is 8. The van der Waals surface area contributed by atoms with E-state index in [1.54, 1.807) is 36.4 Å². The van der Waals surface area contributed by atoms with E-state index in [9.17, 15) is 20.4 Å². The van der Waals surface area contributed by atoms with Gasteiger partial charge in [-0.05, 0) is 229 Å². The molecular weight excluding hydrogens is 1550 g/mol. The molecule has 0 saturated carbocycles. The van der Waals surface area contributed by atoms with Gasteiger partial charge in [0.05, 0.1) is 68.8 Å². The lowest BCUT2D eigenvalue weighted by molar-refractivity contribution is 0.313. The Bertz CT molecular complexity index is 6710. The van der Waals surface area contributed by atoms with Crippen LogP contribution in [0, 0.1) is 0 Å². The smallest absolute Gasteiger partial charge is 0.157 e. The average molecular weight is 1650 g/mol. The molecule has 2 fully saturated rings. The van der Waals surface area contributed by atoms with Crippen molar-refractivity contribution in [1.82, 2.24) is 99.4 Å². The number of aryl methyl sites for hydroxylation is 2. The molecule has 26 heteroatoms. The van der Waals surface area contributed by atoms with Gasteiger partial charge in [0.25, 0.3) is 0 Å². The normalized spacial score (nSPS) is 13.5. The van der Waals surface area contributed by atoms with Gasteiger partial charge in [-0.15, -0.1) is 0 Å². The maximum absolute atomic E-state index is 10.1. The van der Waals surface area contributed by atoms with Crippen LogP contribution in [0.2, 0.25) is 0 Å². The molecule has 10 aromatic carbocycles. The highest BCUT2D eigenvalue weighted by Crippen LogP contribution is 2.42. The van der Waals surface area contributed by atoms with Gasteiger partial charge in [-0.3, -0.25) is 20.4 Å². The highest BCUT2D eigenvalue weighted by atomic mass is 16.3. The van der Waals surface area contributed by atoms with Crippen molar-refractivity contribution in [2.24, 2.45) is 0 Å². The van der Waals surface area contributed by atoms with Crippen LogP contribution in [0.4, 0.5) is 11.4 Å². The van der Waals surface area contributed by atoms with Gasteiger partial charge in [-0.25, -0.2) is 9.97 Å². The summed E-state index contributed by atoms with van der Waals surface area (Å²) < 4.78 is 4.53. The van der Waals surface area contributed by atoms with Crippen molar-refractivity contribution in [3.8, 4) is 114 Å². The standard InChI is InChI=1S/C26H25N5O.C25H24N6O.C24H25N5O.C23H24N6O/c1-30-9-11-31(12-10-30)26-4-2-3-22-21(26)15-24(27-22)25-16-23(28-29-25)19-6-5-18-14-20(32)8-7-17(18)13-19;1-30-9-11-31(12-10-30)23-4-2-3-20-24(23)27-25(26-20)22-15-21(28-29-22)18-6-5-17-14-19(32)8-7-16(17)13-18;1-28(2)10-5-11-29-15-20(18-13-17(30)8-9-23(18)29)19-14-25-27-24(19)22-12-16-6-3-4-7-21(16)26-22;1-28(2)10-5-11-29-14-18(16-12-15(30)8-9-21(16)29)17-13-24-27-22(17)23-25-19-6-3-4-7-20(19)26-23/h2-8,13-16,27,32H,9-12H2,1H3,(H,28,29);2-8,13-15,32H,9-12H2,1H3,(H,26,27)(H,28,29);3-4,6-9,12-15,26,30H,5,10-11H2,1-2H3,(H,25,27);3-4,6-9,12-14,30H,5,10-11H2,1-2H3,(H,24,27)(H,25,26). The zero-order valence-electron chi connectivity index (χ0n) is 70.0. The van der Waals surface area contributed by atoms with Crippen molar-refractivity contribution in [3.63, 3.8) is 0 Å². The first kappa shape index (κ1) is 79.1. The first-order chi connectivity index (χ1) is 60.5. The number of rotatable bonds is 18. The third-order valence-electron chi connectivity index (χ3n) is 23.8. The molecule has 0 radical (unpaired) electrons. The number of aromatic nitrogens is 16. The second kappa shape index (κ2) is 34.1. The summed E-state index contributed by atoms with van der Waals surface area (Å²) >= 11 is 0. The van der Waals surface area contributed by atoms with E-state index in [1.807, 2.05) is 116 Å². The molecule has 0 aliphatic carbocycles. The maximum atomic E-state index is 10.1. The number of anilines is 2. The topological polar surface area (TPSA) is 314 Å². The van der Waals surface area contributed by atoms with Crippen LogP contribution in [0.1, 0.15) is 12.8 Å². The number of imidazole rings is 2. The van der Waals surface area contributed by atoms with Crippen LogP contribution < -0.4 is 9.80 Å². The Morgan fingerprint density at radius 2 is 0.855 bits per heavy atom. The molecule has 0 unspecified atom stereocenters. The number of phenolic OH excluding ortho intramolecular Hbond substituents is 4. The van der Waals surface area contributed by atoms with E-state index in [-0.39, 0.29) is 23.0 Å². The predicted molar refractivity (Wildman–Crippen MR) is 499 cm³/mol. The molecular formula is C98H98N22O4. The van der Waals surface area contributed by atoms with Crippen molar-refractivity contribution >= 4 is 98.6 Å². The number of hydrogen-bond acceptors (Lipinski definition) is 16. The van der Waals surface area contributed by atoms with Gasteiger partial charge in [-0.1, -0.05) is 78.9 Å². The summed E-state index contributed by atoms with van der Waals surface area (Å²) in [5, 5.41) is 78.6. The molecule has 12 N–H and O–H groups in total. The fourth-order valence-corrected chi connectivity index (χ4v) is 17.2. The number of fused-ring (bicyclic) bond motifs is 8. The van der Waals surface area contributed by atoms with Gasteiger partial charge >= 0.3 is 0 Å². The van der Waals surface area contributed by atoms with Crippen LogP contribution in [0.15, 0.2) is 243 Å². The summed E-state index contributed by atoms with van der Waals surface area (Å²) in [6.45, 7) is 12.3. The minimum atomic E-state index is 0.253. The third kappa shape index (κ3) is 16.5. The Morgan fingerprint density at radius 1 is 0.363 bits per heavy atom. The van der Waals surface area contributed by atoms with Gasteiger partial charge < -0.3 is 78.9 Å². The van der Waals surface area contributed by atoms with Crippen LogP contribution in [-0.2, 0) is 13.1 Å². The molecule has 0 bridgehead atoms. The van der Waals surface area contributed by atoms with Crippen LogP contribution in [-0.4, -0.2) is 228 Å². The quantitative estimate of drug-likeness (QED) is 0.0380. The molecule has 12 heterocycles. The fourth-order valence-electron chi connectivity index (χ4n) is 17.2. The minimum Gasteiger partial charge on any atom is -0.508 e. The second-order valence-electron chi connectivity index (χ2n) is 33.0. The Labute approximate surface area is 714 Å². The maximum Gasteiger partial charge on any atom is 0.157 e. The van der Waals surface area contributed by atoms with Crippen LogP contribution >= 0.6 is 0 Å². The number of phenols is 4. The highest BCUT2D eigenvalue weighted by molar-refractivity contribution is 6.03. The summed E-state index contributed by atoms with van der Waals surface area (Å²) in [7, 11) is 12.7. The number of piperazine rings is 2. The molecule has 22 rings (SSSR count). The van der Waals surface area contributed by atoms with Crippen molar-refractivity contribution in [2.45, 2.75) is 25.9 Å². The van der Waals surface area contributed by atoms with E-state index in [0.717, 1.165) is 264 Å². The lowest BCUT2D eigenvalue weighted by Crippen LogP contribution is -2.44. The molecule has 624 valence electrons. The number of hydrogen-bond donors (Lipinski definition) is 12. The van der Waals surface area contributed by atoms with Crippen molar-refractivity contribution < 1.29 is 20.4 Å². The molecule has 2 aliphatic heterocycles. The monoisotopic (exact) mass is 1650 g/mol. The Balaban J connectivity index is 0.000000108. The Hall–Kier alpha value is -14.7. The summed E-state index contributed by atoms with van der Waals surface area (Å²) in [4.78, 5) is 37.6. The van der Waals surface area contributed by atoms with Gasteiger partial charge in [0.15, 0.2) is 11.6 Å². The SMILES string of the molecule is CN(C)CCCn1cc(-c2cn[nH]c2-c2cc3ccccc3[nH]2)c2cc(O)ccc21.CN(C)CCCn1cc(-c2cn[nH]c2-c2nc3ccccc3[nH]2)c2cc(O)ccc21.CN1CCN(c2cccc3[nH]c(-c4cc(-c5ccc6cc(O)ccc6c5)n[nH]4)cc23)CC1.CN1CCN(c2cccc3[nH]c(-c4cc(-c5ccc6cc(O)ccc6c5)n[nH]4)nc23)CC1. The minimum absolute atomic E-state index is 0.253. The van der Waals surface area contributed by atoms with Gasteiger partial charge in [-0.2, -0.15) is 20.4 Å². The molecule has 0 atom stereocenters. The number of para-hydroxylation sites is 4. The summed E-state index contributed by atoms with van der Waals surface area (Å²) in [5.41, 5.74) is 24.3. The molecule has 2 saturated heterocycles. The molecule has 20 aromatic rings. The Kier molecular flexibility index (Phi) is 21.7. The summed E-state index contributed by atoms with van der Waals surface area (Å²) in [6, 6.07) is 71.7. The van der Waals surface area contributed by atoms with Gasteiger partial charge in [0.2, 0.25) is 0 Å². The van der Waals surface area contributed by atoms with Crippen LogP contribution in [0.3, 0.4) is 0 Å². The van der Waals surface area contributed by atoms with Gasteiger partial charge in [0.1, 0.15) is 39.9 Å². The first-order valence-electron chi connectivity index (χ1n) is 42.1. The molecule has 10 aromatic heterocycles. The van der Waals surface area contributed by atoms with E-state index in [2.05, 4.69) is 233 Å². The van der Waals surface area contributed by atoms with Crippen molar-refractivity contribution in [2.75, 3.05) is 118 Å². The average Bonchev–Trinajstić information content (AvgIpc) is 1.28. The number of nitrogens with one attached hydrogen (secondary N) is 8. The lowest BCUT2D eigenvalue weighted by atomic mass is 10.0. The van der Waals surface area contributed by atoms with Gasteiger partial charge in [0, 0.05) is 161 Å². The number of aromatic hydroxyl groups is 4. The van der Waals surface area contributed by atoms with Crippen molar-refractivity contribution in [1.29, 1.82) is 0 Å². The summed E-state index contributed by atoms with van der Waals surface area (Å²) in [5.74, 6) is 2.60. The predicted octanol–water partition coefficient (Wildman–Crippen LogP) is 18.1. The number of likely N-dealkylation sites (N-methyl/N-ethyl adjacent to an activating group) is 2. The van der Waals surface area contributed by atoms with E-state index in [1.165, 1.54) is 16.8 Å².